The monoisotopic (exact) mass is 309 g/mol. The Hall–Kier alpha value is -2.56. The van der Waals surface area contributed by atoms with Crippen LogP contribution in [-0.4, -0.2) is 33.4 Å². The van der Waals surface area contributed by atoms with Gasteiger partial charge in [-0.25, -0.2) is 4.98 Å². The molecule has 0 bridgehead atoms. The molecule has 1 fully saturated rings. The van der Waals surface area contributed by atoms with E-state index < -0.39 is 0 Å². The van der Waals surface area contributed by atoms with Crippen molar-refractivity contribution in [3.05, 3.63) is 47.5 Å². The summed E-state index contributed by atoms with van der Waals surface area (Å²) in [5, 5.41) is 0. The molecule has 0 atom stereocenters. The van der Waals surface area contributed by atoms with Gasteiger partial charge in [0.1, 0.15) is 6.33 Å². The molecule has 0 spiro atoms. The van der Waals surface area contributed by atoms with E-state index in [0.717, 1.165) is 37.0 Å². The fraction of sp³-hybridized carbons (Fsp3) is 0.333. The second-order valence-corrected chi connectivity index (χ2v) is 6.18. The summed E-state index contributed by atoms with van der Waals surface area (Å²) < 4.78 is 7.70. The SMILES string of the molecule is Cc1cc2ncn(-c3ccc(C(=O)N4CCCC4)o3)c2cc1C. The number of carbonyl (C=O) groups is 1. The number of furan rings is 1. The van der Waals surface area contributed by atoms with Crippen LogP contribution in [0.25, 0.3) is 16.9 Å². The quantitative estimate of drug-likeness (QED) is 0.728. The van der Waals surface area contributed by atoms with Crippen molar-refractivity contribution in [1.29, 1.82) is 0 Å². The van der Waals surface area contributed by atoms with Gasteiger partial charge in [0.25, 0.3) is 5.91 Å². The molecule has 118 valence electrons. The standard InChI is InChI=1S/C18H19N3O2/c1-12-9-14-15(10-13(12)2)21(11-19-14)17-6-5-16(23-17)18(22)20-7-3-4-8-20/h5-6,9-11H,3-4,7-8H2,1-2H3. The summed E-state index contributed by atoms with van der Waals surface area (Å²) in [7, 11) is 0. The van der Waals surface area contributed by atoms with Gasteiger partial charge in [-0.1, -0.05) is 0 Å². The lowest BCUT2D eigenvalue weighted by molar-refractivity contribution is 0.0761. The molecule has 0 unspecified atom stereocenters. The number of nitrogens with zero attached hydrogens (tertiary/aromatic N) is 3. The molecule has 3 heterocycles. The highest BCUT2D eigenvalue weighted by molar-refractivity contribution is 5.92. The van der Waals surface area contributed by atoms with Crippen LogP contribution in [0.5, 0.6) is 0 Å². The normalized spacial score (nSPS) is 14.8. The molecular formula is C18H19N3O2. The largest absolute Gasteiger partial charge is 0.435 e. The van der Waals surface area contributed by atoms with Crippen molar-refractivity contribution in [2.24, 2.45) is 0 Å². The third-order valence-electron chi connectivity index (χ3n) is 4.60. The van der Waals surface area contributed by atoms with E-state index >= 15 is 0 Å². The molecule has 1 saturated heterocycles. The number of likely N-dealkylation sites (tertiary alicyclic amines) is 1. The third-order valence-corrected chi connectivity index (χ3v) is 4.60. The van der Waals surface area contributed by atoms with Crippen LogP contribution in [0.3, 0.4) is 0 Å². The van der Waals surface area contributed by atoms with Crippen LogP contribution in [0.4, 0.5) is 0 Å². The summed E-state index contributed by atoms with van der Waals surface area (Å²) in [5.74, 6) is 0.996. The molecule has 5 nitrogen and oxygen atoms in total. The van der Waals surface area contributed by atoms with Crippen molar-refractivity contribution in [1.82, 2.24) is 14.5 Å². The second-order valence-electron chi connectivity index (χ2n) is 6.18. The van der Waals surface area contributed by atoms with Crippen LogP contribution in [0.15, 0.2) is 35.0 Å². The number of amides is 1. The number of carbonyl (C=O) groups excluding carboxylic acids is 1. The van der Waals surface area contributed by atoms with E-state index in [1.165, 1.54) is 11.1 Å². The van der Waals surface area contributed by atoms with Crippen molar-refractivity contribution in [3.63, 3.8) is 0 Å². The molecule has 23 heavy (non-hydrogen) atoms. The lowest BCUT2D eigenvalue weighted by Crippen LogP contribution is -2.27. The first kappa shape index (κ1) is 14.1. The highest BCUT2D eigenvalue weighted by atomic mass is 16.4. The van der Waals surface area contributed by atoms with Gasteiger partial charge in [-0.15, -0.1) is 0 Å². The highest BCUT2D eigenvalue weighted by Crippen LogP contribution is 2.24. The second kappa shape index (κ2) is 5.26. The smallest absolute Gasteiger partial charge is 0.289 e. The number of fused-ring (bicyclic) bond motifs is 1. The minimum atomic E-state index is -0.0230. The number of rotatable bonds is 2. The first-order valence-electron chi connectivity index (χ1n) is 7.97. The summed E-state index contributed by atoms with van der Waals surface area (Å²) in [4.78, 5) is 18.7. The summed E-state index contributed by atoms with van der Waals surface area (Å²) >= 11 is 0. The van der Waals surface area contributed by atoms with Crippen molar-refractivity contribution in [2.75, 3.05) is 13.1 Å². The average molecular weight is 309 g/mol. The van der Waals surface area contributed by atoms with Gasteiger partial charge in [0.05, 0.1) is 11.0 Å². The van der Waals surface area contributed by atoms with Crippen molar-refractivity contribution in [2.45, 2.75) is 26.7 Å². The van der Waals surface area contributed by atoms with Crippen LogP contribution in [0.1, 0.15) is 34.5 Å². The number of benzene rings is 1. The maximum atomic E-state index is 12.4. The molecule has 2 aromatic heterocycles. The molecule has 0 aliphatic carbocycles. The number of imidazole rings is 1. The van der Waals surface area contributed by atoms with E-state index in [0.29, 0.717) is 11.6 Å². The van der Waals surface area contributed by atoms with Gasteiger partial charge in [-0.05, 0) is 56.0 Å². The third kappa shape index (κ3) is 2.32. The molecule has 3 aromatic rings. The minimum absolute atomic E-state index is 0.0230. The predicted molar refractivity (Wildman–Crippen MR) is 87.9 cm³/mol. The van der Waals surface area contributed by atoms with Crippen LogP contribution in [-0.2, 0) is 0 Å². The molecule has 1 amide bonds. The predicted octanol–water partition coefficient (Wildman–Crippen LogP) is 3.47. The fourth-order valence-electron chi connectivity index (χ4n) is 3.09. The Kier molecular flexibility index (Phi) is 3.22. The molecule has 0 saturated carbocycles. The van der Waals surface area contributed by atoms with Gasteiger partial charge < -0.3 is 9.32 Å². The van der Waals surface area contributed by atoms with Gasteiger partial charge in [-0.2, -0.15) is 0 Å². The van der Waals surface area contributed by atoms with Gasteiger partial charge in [0.15, 0.2) is 5.76 Å². The van der Waals surface area contributed by atoms with Crippen molar-refractivity contribution >= 4 is 16.9 Å². The zero-order valence-electron chi connectivity index (χ0n) is 13.4. The summed E-state index contributed by atoms with van der Waals surface area (Å²) in [5.41, 5.74) is 4.34. The summed E-state index contributed by atoms with van der Waals surface area (Å²) in [6.07, 6.45) is 3.89. The zero-order chi connectivity index (χ0) is 16.0. The van der Waals surface area contributed by atoms with E-state index in [2.05, 4.69) is 31.0 Å². The topological polar surface area (TPSA) is 51.3 Å². The number of hydrogen-bond acceptors (Lipinski definition) is 3. The molecular weight excluding hydrogens is 290 g/mol. The van der Waals surface area contributed by atoms with E-state index in [1.54, 1.807) is 12.4 Å². The Morgan fingerprint density at radius 3 is 2.65 bits per heavy atom. The molecule has 4 rings (SSSR count). The van der Waals surface area contributed by atoms with Gasteiger partial charge >= 0.3 is 0 Å². The lowest BCUT2D eigenvalue weighted by atomic mass is 10.1. The van der Waals surface area contributed by atoms with Crippen molar-refractivity contribution in [3.8, 4) is 5.88 Å². The Morgan fingerprint density at radius 1 is 1.13 bits per heavy atom. The number of aryl methyl sites for hydroxylation is 2. The Morgan fingerprint density at radius 2 is 1.87 bits per heavy atom. The van der Waals surface area contributed by atoms with E-state index in [1.807, 2.05) is 15.5 Å². The number of aromatic nitrogens is 2. The van der Waals surface area contributed by atoms with Gasteiger partial charge in [0.2, 0.25) is 5.88 Å². The lowest BCUT2D eigenvalue weighted by Gasteiger charge is -2.12. The highest BCUT2D eigenvalue weighted by Gasteiger charge is 2.22. The van der Waals surface area contributed by atoms with Gasteiger partial charge in [0, 0.05) is 19.2 Å². The maximum Gasteiger partial charge on any atom is 0.289 e. The Labute approximate surface area is 134 Å². The Bertz CT molecular complexity index is 885. The molecule has 0 radical (unpaired) electrons. The van der Waals surface area contributed by atoms with Crippen LogP contribution < -0.4 is 0 Å². The Balaban J connectivity index is 1.71. The first-order valence-corrected chi connectivity index (χ1v) is 7.97. The zero-order valence-corrected chi connectivity index (χ0v) is 13.4. The summed E-state index contributed by atoms with van der Waals surface area (Å²) in [6.45, 7) is 5.80. The molecule has 0 N–H and O–H groups in total. The fourth-order valence-corrected chi connectivity index (χ4v) is 3.09. The van der Waals surface area contributed by atoms with Gasteiger partial charge in [-0.3, -0.25) is 9.36 Å². The maximum absolute atomic E-state index is 12.4. The van der Waals surface area contributed by atoms with Crippen molar-refractivity contribution < 1.29 is 9.21 Å². The van der Waals surface area contributed by atoms with Crippen LogP contribution >= 0.6 is 0 Å². The first-order chi connectivity index (χ1) is 11.1. The van der Waals surface area contributed by atoms with E-state index in [-0.39, 0.29) is 5.91 Å². The number of hydrogen-bond donors (Lipinski definition) is 0. The summed E-state index contributed by atoms with van der Waals surface area (Å²) in [6, 6.07) is 7.75. The molecule has 1 aliphatic rings. The molecule has 1 aliphatic heterocycles. The van der Waals surface area contributed by atoms with E-state index in [9.17, 15) is 4.79 Å². The molecule has 1 aromatic carbocycles. The van der Waals surface area contributed by atoms with E-state index in [4.69, 9.17) is 4.42 Å². The average Bonchev–Trinajstić information content (AvgIpc) is 3.27. The van der Waals surface area contributed by atoms with Crippen LogP contribution in [0, 0.1) is 13.8 Å². The minimum Gasteiger partial charge on any atom is -0.435 e. The van der Waals surface area contributed by atoms with Crippen LogP contribution in [0.2, 0.25) is 0 Å². The molecule has 5 heteroatoms.